The number of anilines is 1. The molecule has 130 valence electrons. The number of pyridine rings is 1. The zero-order valence-electron chi connectivity index (χ0n) is 13.3. The number of amides is 1. The SMILES string of the molecule is Cc1nn(C)c2ncc(NC(=O)COc3cc(Cl)c(Cl)cc3Cl)cc12. The smallest absolute Gasteiger partial charge is 0.262 e. The molecule has 9 heteroatoms. The van der Waals surface area contributed by atoms with E-state index in [2.05, 4.69) is 15.4 Å². The fourth-order valence-electron chi connectivity index (χ4n) is 2.33. The average molecular weight is 400 g/mol. The first-order chi connectivity index (χ1) is 11.8. The highest BCUT2D eigenvalue weighted by Crippen LogP contribution is 2.33. The van der Waals surface area contributed by atoms with E-state index in [0.29, 0.717) is 15.7 Å². The number of nitrogens with zero attached hydrogens (tertiary/aromatic N) is 3. The molecular formula is C16H13Cl3N4O2. The predicted molar refractivity (Wildman–Crippen MR) is 98.8 cm³/mol. The van der Waals surface area contributed by atoms with E-state index in [4.69, 9.17) is 39.5 Å². The number of carbonyl (C=O) groups excluding carboxylic acids is 1. The van der Waals surface area contributed by atoms with E-state index in [1.807, 2.05) is 20.0 Å². The van der Waals surface area contributed by atoms with Crippen LogP contribution < -0.4 is 10.1 Å². The Morgan fingerprint density at radius 1 is 1.20 bits per heavy atom. The Morgan fingerprint density at radius 2 is 1.92 bits per heavy atom. The largest absolute Gasteiger partial charge is 0.482 e. The van der Waals surface area contributed by atoms with Crippen LogP contribution in [0.25, 0.3) is 11.0 Å². The first kappa shape index (κ1) is 17.8. The molecule has 0 saturated heterocycles. The van der Waals surface area contributed by atoms with Gasteiger partial charge >= 0.3 is 0 Å². The summed E-state index contributed by atoms with van der Waals surface area (Å²) >= 11 is 17.8. The molecule has 1 aromatic carbocycles. The molecule has 3 rings (SSSR count). The lowest BCUT2D eigenvalue weighted by Crippen LogP contribution is -2.20. The normalized spacial score (nSPS) is 10.9. The topological polar surface area (TPSA) is 69.0 Å². The summed E-state index contributed by atoms with van der Waals surface area (Å²) in [5.41, 5.74) is 2.13. The molecule has 0 aliphatic rings. The van der Waals surface area contributed by atoms with Crippen molar-refractivity contribution in [2.24, 2.45) is 7.05 Å². The molecule has 0 spiro atoms. The Bertz CT molecular complexity index is 972. The van der Waals surface area contributed by atoms with Crippen LogP contribution in [0.1, 0.15) is 5.69 Å². The van der Waals surface area contributed by atoms with E-state index < -0.39 is 0 Å². The summed E-state index contributed by atoms with van der Waals surface area (Å²) in [5.74, 6) is -0.0762. The third-order valence-electron chi connectivity index (χ3n) is 3.48. The molecule has 2 aromatic heterocycles. The highest BCUT2D eigenvalue weighted by atomic mass is 35.5. The van der Waals surface area contributed by atoms with Gasteiger partial charge in [-0.25, -0.2) is 4.98 Å². The van der Waals surface area contributed by atoms with Crippen molar-refractivity contribution in [1.82, 2.24) is 14.8 Å². The van der Waals surface area contributed by atoms with Crippen molar-refractivity contribution in [3.05, 3.63) is 45.2 Å². The highest BCUT2D eigenvalue weighted by molar-refractivity contribution is 6.43. The summed E-state index contributed by atoms with van der Waals surface area (Å²) in [6, 6.07) is 4.74. The second-order valence-electron chi connectivity index (χ2n) is 5.34. The summed E-state index contributed by atoms with van der Waals surface area (Å²) < 4.78 is 7.08. The molecule has 0 unspecified atom stereocenters. The molecular weight excluding hydrogens is 387 g/mol. The molecule has 2 heterocycles. The Kier molecular flexibility index (Phi) is 5.03. The first-order valence-electron chi connectivity index (χ1n) is 7.21. The lowest BCUT2D eigenvalue weighted by molar-refractivity contribution is -0.118. The number of aryl methyl sites for hydroxylation is 2. The van der Waals surface area contributed by atoms with Gasteiger partial charge < -0.3 is 10.1 Å². The third-order valence-corrected chi connectivity index (χ3v) is 4.50. The fraction of sp³-hybridized carbons (Fsp3) is 0.188. The van der Waals surface area contributed by atoms with Gasteiger partial charge in [0.1, 0.15) is 5.75 Å². The minimum absolute atomic E-state index is 0.234. The minimum Gasteiger partial charge on any atom is -0.482 e. The molecule has 6 nitrogen and oxygen atoms in total. The van der Waals surface area contributed by atoms with Gasteiger partial charge in [-0.1, -0.05) is 34.8 Å². The van der Waals surface area contributed by atoms with Gasteiger partial charge in [-0.2, -0.15) is 5.10 Å². The number of halogens is 3. The van der Waals surface area contributed by atoms with E-state index >= 15 is 0 Å². The maximum Gasteiger partial charge on any atom is 0.262 e. The minimum atomic E-state index is -0.357. The average Bonchev–Trinajstić information content (AvgIpc) is 2.84. The first-order valence-corrected chi connectivity index (χ1v) is 8.35. The second kappa shape index (κ2) is 7.07. The van der Waals surface area contributed by atoms with Gasteiger partial charge in [0.25, 0.3) is 5.91 Å². The summed E-state index contributed by atoms with van der Waals surface area (Å²) in [5, 5.41) is 8.76. The van der Waals surface area contributed by atoms with E-state index in [1.54, 1.807) is 10.9 Å². The molecule has 0 radical (unpaired) electrons. The molecule has 0 bridgehead atoms. The lowest BCUT2D eigenvalue weighted by Gasteiger charge is -2.10. The van der Waals surface area contributed by atoms with Crippen LogP contribution in [0.15, 0.2) is 24.4 Å². The molecule has 0 aliphatic heterocycles. The summed E-state index contributed by atoms with van der Waals surface area (Å²) in [7, 11) is 1.81. The number of carbonyl (C=O) groups is 1. The maximum atomic E-state index is 12.1. The Balaban J connectivity index is 1.69. The van der Waals surface area contributed by atoms with Crippen LogP contribution >= 0.6 is 34.8 Å². The Morgan fingerprint density at radius 3 is 2.68 bits per heavy atom. The summed E-state index contributed by atoms with van der Waals surface area (Å²) in [6.07, 6.45) is 1.56. The lowest BCUT2D eigenvalue weighted by atomic mass is 10.2. The second-order valence-corrected chi connectivity index (χ2v) is 6.56. The van der Waals surface area contributed by atoms with Crippen molar-refractivity contribution in [2.75, 3.05) is 11.9 Å². The van der Waals surface area contributed by atoms with Crippen molar-refractivity contribution in [1.29, 1.82) is 0 Å². The number of nitrogens with one attached hydrogen (secondary N) is 1. The van der Waals surface area contributed by atoms with E-state index in [0.717, 1.165) is 16.7 Å². The molecule has 0 saturated carbocycles. The number of fused-ring (bicyclic) bond motifs is 1. The van der Waals surface area contributed by atoms with Crippen LogP contribution in [0.2, 0.25) is 15.1 Å². The predicted octanol–water partition coefficient (Wildman–Crippen LogP) is 4.25. The van der Waals surface area contributed by atoms with Crippen LogP contribution in [0, 0.1) is 6.92 Å². The van der Waals surface area contributed by atoms with E-state index in [9.17, 15) is 4.79 Å². The van der Waals surface area contributed by atoms with Gasteiger partial charge in [0.15, 0.2) is 12.3 Å². The van der Waals surface area contributed by atoms with E-state index in [1.165, 1.54) is 12.1 Å². The van der Waals surface area contributed by atoms with Gasteiger partial charge in [-0.05, 0) is 19.1 Å². The molecule has 1 N–H and O–H groups in total. The zero-order valence-corrected chi connectivity index (χ0v) is 15.6. The van der Waals surface area contributed by atoms with Crippen LogP contribution in [0.5, 0.6) is 5.75 Å². The molecule has 1 amide bonds. The maximum absolute atomic E-state index is 12.1. The van der Waals surface area contributed by atoms with Crippen LogP contribution in [0.4, 0.5) is 5.69 Å². The van der Waals surface area contributed by atoms with Crippen molar-refractivity contribution in [3.63, 3.8) is 0 Å². The monoisotopic (exact) mass is 398 g/mol. The zero-order chi connectivity index (χ0) is 18.1. The fourth-order valence-corrected chi connectivity index (χ4v) is 2.92. The quantitative estimate of drug-likeness (QED) is 0.666. The number of ether oxygens (including phenoxy) is 1. The van der Waals surface area contributed by atoms with E-state index in [-0.39, 0.29) is 23.3 Å². The van der Waals surface area contributed by atoms with Crippen molar-refractivity contribution in [3.8, 4) is 5.75 Å². The summed E-state index contributed by atoms with van der Waals surface area (Å²) in [4.78, 5) is 16.4. The highest BCUT2D eigenvalue weighted by Gasteiger charge is 2.11. The van der Waals surface area contributed by atoms with Crippen LogP contribution in [-0.4, -0.2) is 27.3 Å². The van der Waals surface area contributed by atoms with Crippen LogP contribution in [0.3, 0.4) is 0 Å². The van der Waals surface area contributed by atoms with Gasteiger partial charge in [-0.15, -0.1) is 0 Å². The number of hydrogen-bond donors (Lipinski definition) is 1. The summed E-state index contributed by atoms with van der Waals surface area (Å²) in [6.45, 7) is 1.65. The van der Waals surface area contributed by atoms with Gasteiger partial charge in [0.2, 0.25) is 0 Å². The molecule has 0 aliphatic carbocycles. The Labute approximate surface area is 158 Å². The molecule has 25 heavy (non-hydrogen) atoms. The van der Waals surface area contributed by atoms with Gasteiger partial charge in [0.05, 0.1) is 32.6 Å². The number of aromatic nitrogens is 3. The van der Waals surface area contributed by atoms with Gasteiger partial charge in [0, 0.05) is 18.5 Å². The molecule has 3 aromatic rings. The number of hydrogen-bond acceptors (Lipinski definition) is 4. The standard InChI is InChI=1S/C16H13Cl3N4O2/c1-8-10-3-9(6-20-16(10)23(2)22-8)21-15(24)7-25-14-5-12(18)11(17)4-13(14)19/h3-6H,7H2,1-2H3,(H,21,24). The Hall–Kier alpha value is -2.02. The number of benzene rings is 1. The van der Waals surface area contributed by atoms with Crippen molar-refractivity contribution >= 4 is 57.4 Å². The van der Waals surface area contributed by atoms with Crippen LogP contribution in [-0.2, 0) is 11.8 Å². The van der Waals surface area contributed by atoms with Gasteiger partial charge in [-0.3, -0.25) is 9.48 Å². The third kappa shape index (κ3) is 3.81. The van der Waals surface area contributed by atoms with Crippen molar-refractivity contribution < 1.29 is 9.53 Å². The molecule has 0 fully saturated rings. The van der Waals surface area contributed by atoms with Crippen molar-refractivity contribution in [2.45, 2.75) is 6.92 Å². The molecule has 0 atom stereocenters. The number of rotatable bonds is 4.